The molecule has 0 saturated carbocycles. The standard InChI is InChI=1S/C18H17Cl2N5/c1-25(7-4-13-2-5-21-6-3-13)18-11-17(22-12-23-18)24-16-9-14(19)8-15(20)10-16/h2-3,5-6,8-12H,4,7H2,1H3,(H,22,23,24). The molecule has 0 aliphatic rings. The van der Waals surface area contributed by atoms with Gasteiger partial charge in [0.15, 0.2) is 0 Å². The molecule has 0 radical (unpaired) electrons. The average molecular weight is 374 g/mol. The number of halogens is 2. The number of likely N-dealkylation sites (N-methyl/N-ethyl adjacent to an activating group) is 1. The van der Waals surface area contributed by atoms with Gasteiger partial charge in [-0.15, -0.1) is 0 Å². The first-order chi connectivity index (χ1) is 12.1. The summed E-state index contributed by atoms with van der Waals surface area (Å²) in [5.74, 6) is 1.51. The molecule has 1 aromatic carbocycles. The van der Waals surface area contributed by atoms with E-state index >= 15 is 0 Å². The number of pyridine rings is 1. The molecule has 0 aliphatic carbocycles. The molecule has 25 heavy (non-hydrogen) atoms. The van der Waals surface area contributed by atoms with E-state index in [9.17, 15) is 0 Å². The number of rotatable bonds is 6. The second-order valence-electron chi connectivity index (χ2n) is 5.57. The Labute approximate surface area is 156 Å². The minimum atomic E-state index is 0.568. The van der Waals surface area contributed by atoms with Crippen LogP contribution in [0.4, 0.5) is 17.3 Å². The SMILES string of the molecule is CN(CCc1ccncc1)c1cc(Nc2cc(Cl)cc(Cl)c2)ncn1. The van der Waals surface area contributed by atoms with Crippen LogP contribution in [0.3, 0.4) is 0 Å². The number of nitrogens with one attached hydrogen (secondary N) is 1. The second-order valence-corrected chi connectivity index (χ2v) is 6.44. The summed E-state index contributed by atoms with van der Waals surface area (Å²) in [4.78, 5) is 14.7. The summed E-state index contributed by atoms with van der Waals surface area (Å²) in [5, 5.41) is 4.34. The maximum Gasteiger partial charge on any atom is 0.135 e. The molecule has 0 unspecified atom stereocenters. The van der Waals surface area contributed by atoms with Crippen molar-refractivity contribution in [1.82, 2.24) is 15.0 Å². The fourth-order valence-corrected chi connectivity index (χ4v) is 2.88. The maximum atomic E-state index is 6.03. The Hall–Kier alpha value is -2.37. The molecule has 0 amide bonds. The predicted molar refractivity (Wildman–Crippen MR) is 103 cm³/mol. The van der Waals surface area contributed by atoms with Gasteiger partial charge >= 0.3 is 0 Å². The van der Waals surface area contributed by atoms with Crippen LogP contribution in [0.5, 0.6) is 0 Å². The Morgan fingerprint density at radius 1 is 1.00 bits per heavy atom. The Morgan fingerprint density at radius 2 is 1.72 bits per heavy atom. The van der Waals surface area contributed by atoms with Gasteiger partial charge in [0.1, 0.15) is 18.0 Å². The number of nitrogens with zero attached hydrogens (tertiary/aromatic N) is 4. The molecule has 0 aliphatic heterocycles. The molecular weight excluding hydrogens is 357 g/mol. The number of anilines is 3. The van der Waals surface area contributed by atoms with Gasteiger partial charge in [0.25, 0.3) is 0 Å². The predicted octanol–water partition coefficient (Wildman–Crippen LogP) is 4.60. The van der Waals surface area contributed by atoms with Gasteiger partial charge in [0.2, 0.25) is 0 Å². The summed E-state index contributed by atoms with van der Waals surface area (Å²) in [6.07, 6.45) is 6.05. The number of benzene rings is 1. The van der Waals surface area contributed by atoms with Crippen molar-refractivity contribution < 1.29 is 0 Å². The lowest BCUT2D eigenvalue weighted by atomic mass is 10.2. The highest BCUT2D eigenvalue weighted by Gasteiger charge is 2.06. The largest absolute Gasteiger partial charge is 0.359 e. The third-order valence-corrected chi connectivity index (χ3v) is 4.10. The van der Waals surface area contributed by atoms with Crippen LogP contribution in [-0.2, 0) is 6.42 Å². The van der Waals surface area contributed by atoms with Crippen LogP contribution >= 0.6 is 23.2 Å². The summed E-state index contributed by atoms with van der Waals surface area (Å²) in [5.41, 5.74) is 2.02. The van der Waals surface area contributed by atoms with E-state index in [-0.39, 0.29) is 0 Å². The van der Waals surface area contributed by atoms with Gasteiger partial charge in [-0.1, -0.05) is 23.2 Å². The molecule has 0 saturated heterocycles. The topological polar surface area (TPSA) is 53.9 Å². The molecule has 2 aromatic heterocycles. The van der Waals surface area contributed by atoms with Crippen LogP contribution in [0.1, 0.15) is 5.56 Å². The van der Waals surface area contributed by atoms with E-state index < -0.39 is 0 Å². The van der Waals surface area contributed by atoms with E-state index in [1.807, 2.05) is 25.2 Å². The first-order valence-corrected chi connectivity index (χ1v) is 8.51. The van der Waals surface area contributed by atoms with Crippen LogP contribution in [-0.4, -0.2) is 28.5 Å². The van der Waals surface area contributed by atoms with Gasteiger partial charge in [0.05, 0.1) is 0 Å². The van der Waals surface area contributed by atoms with Crippen molar-refractivity contribution in [2.75, 3.05) is 23.8 Å². The van der Waals surface area contributed by atoms with Crippen LogP contribution < -0.4 is 10.2 Å². The summed E-state index contributed by atoms with van der Waals surface area (Å²) < 4.78 is 0. The first kappa shape index (κ1) is 17.5. The summed E-state index contributed by atoms with van der Waals surface area (Å²) in [6, 6.07) is 11.2. The average Bonchev–Trinajstić information content (AvgIpc) is 2.60. The quantitative estimate of drug-likeness (QED) is 0.683. The highest BCUT2D eigenvalue weighted by Crippen LogP contribution is 2.25. The molecule has 0 bridgehead atoms. The molecule has 3 aromatic rings. The number of hydrogen-bond donors (Lipinski definition) is 1. The first-order valence-electron chi connectivity index (χ1n) is 7.75. The number of aromatic nitrogens is 3. The van der Waals surface area contributed by atoms with Crippen molar-refractivity contribution >= 4 is 40.5 Å². The molecule has 3 rings (SSSR count). The van der Waals surface area contributed by atoms with Crippen LogP contribution in [0.15, 0.2) is 55.1 Å². The second kappa shape index (κ2) is 8.14. The molecule has 128 valence electrons. The van der Waals surface area contributed by atoms with Crippen LogP contribution in [0, 0.1) is 0 Å². The Balaban J connectivity index is 1.68. The summed E-state index contributed by atoms with van der Waals surface area (Å²) >= 11 is 12.1. The van der Waals surface area contributed by atoms with Gasteiger partial charge < -0.3 is 10.2 Å². The van der Waals surface area contributed by atoms with E-state index in [0.29, 0.717) is 15.9 Å². The lowest BCUT2D eigenvalue weighted by Crippen LogP contribution is -2.21. The molecule has 7 heteroatoms. The van der Waals surface area contributed by atoms with Crippen molar-refractivity contribution in [2.45, 2.75) is 6.42 Å². The van der Waals surface area contributed by atoms with Crippen LogP contribution in [0.25, 0.3) is 0 Å². The molecular formula is C18H17Cl2N5. The van der Waals surface area contributed by atoms with Gasteiger partial charge in [-0.05, 0) is 42.3 Å². The zero-order valence-corrected chi connectivity index (χ0v) is 15.2. The Morgan fingerprint density at radius 3 is 2.44 bits per heavy atom. The third-order valence-electron chi connectivity index (χ3n) is 3.66. The molecule has 0 fully saturated rings. The lowest BCUT2D eigenvalue weighted by molar-refractivity contribution is 0.855. The normalized spacial score (nSPS) is 10.5. The van der Waals surface area contributed by atoms with Crippen LogP contribution in [0.2, 0.25) is 10.0 Å². The Bertz CT molecular complexity index is 822. The summed E-state index contributed by atoms with van der Waals surface area (Å²) in [7, 11) is 2.00. The maximum absolute atomic E-state index is 6.03. The fourth-order valence-electron chi connectivity index (χ4n) is 2.36. The van der Waals surface area contributed by atoms with E-state index in [0.717, 1.165) is 24.5 Å². The lowest BCUT2D eigenvalue weighted by Gasteiger charge is -2.18. The van der Waals surface area contributed by atoms with Crippen molar-refractivity contribution in [3.8, 4) is 0 Å². The highest BCUT2D eigenvalue weighted by atomic mass is 35.5. The third kappa shape index (κ3) is 5.05. The molecule has 0 spiro atoms. The Kier molecular flexibility index (Phi) is 5.68. The fraction of sp³-hybridized carbons (Fsp3) is 0.167. The summed E-state index contributed by atoms with van der Waals surface area (Å²) in [6.45, 7) is 0.837. The minimum absolute atomic E-state index is 0.568. The minimum Gasteiger partial charge on any atom is -0.359 e. The van der Waals surface area contributed by atoms with Gasteiger partial charge in [-0.25, -0.2) is 9.97 Å². The van der Waals surface area contributed by atoms with E-state index in [1.54, 1.807) is 30.6 Å². The molecule has 1 N–H and O–H groups in total. The van der Waals surface area contributed by atoms with Gasteiger partial charge in [-0.3, -0.25) is 4.98 Å². The smallest absolute Gasteiger partial charge is 0.135 e. The van der Waals surface area contributed by atoms with E-state index in [4.69, 9.17) is 23.2 Å². The highest BCUT2D eigenvalue weighted by molar-refractivity contribution is 6.35. The number of hydrogen-bond acceptors (Lipinski definition) is 5. The molecule has 2 heterocycles. The van der Waals surface area contributed by atoms with Gasteiger partial charge in [-0.2, -0.15) is 0 Å². The monoisotopic (exact) mass is 373 g/mol. The zero-order valence-electron chi connectivity index (χ0n) is 13.7. The van der Waals surface area contributed by atoms with Crippen molar-refractivity contribution in [2.24, 2.45) is 0 Å². The van der Waals surface area contributed by atoms with Crippen molar-refractivity contribution in [3.05, 3.63) is 70.7 Å². The molecule has 5 nitrogen and oxygen atoms in total. The van der Waals surface area contributed by atoms with Gasteiger partial charge in [0, 0.05) is 47.8 Å². The molecule has 0 atom stereocenters. The van der Waals surface area contributed by atoms with Crippen molar-refractivity contribution in [1.29, 1.82) is 0 Å². The zero-order chi connectivity index (χ0) is 17.6. The van der Waals surface area contributed by atoms with E-state index in [1.165, 1.54) is 11.9 Å². The van der Waals surface area contributed by atoms with Crippen molar-refractivity contribution in [3.63, 3.8) is 0 Å². The van der Waals surface area contributed by atoms with E-state index in [2.05, 4.69) is 25.2 Å².